The van der Waals surface area contributed by atoms with Crippen LogP contribution in [0.25, 0.3) is 0 Å². The van der Waals surface area contributed by atoms with Crippen LogP contribution >= 0.6 is 11.6 Å². The summed E-state index contributed by atoms with van der Waals surface area (Å²) in [7, 11) is 1.25. The lowest BCUT2D eigenvalue weighted by Crippen LogP contribution is -2.46. The lowest BCUT2D eigenvalue weighted by Gasteiger charge is -2.22. The average molecular weight is 408 g/mol. The Kier molecular flexibility index (Phi) is 7.63. The van der Waals surface area contributed by atoms with Gasteiger partial charge >= 0.3 is 11.9 Å². The highest BCUT2D eigenvalue weighted by atomic mass is 35.5. The number of methoxy groups -OCH3 is 1. The summed E-state index contributed by atoms with van der Waals surface area (Å²) in [4.78, 5) is 36.7. The fraction of sp³-hybridized carbons (Fsp3) is 0.350. The Bertz CT molecular complexity index is 829. The molecule has 1 N–H and O–H groups in total. The number of amides is 1. The zero-order chi connectivity index (χ0) is 20.7. The summed E-state index contributed by atoms with van der Waals surface area (Å²) in [5.41, 5.74) is 0.560. The minimum absolute atomic E-state index is 0.166. The van der Waals surface area contributed by atoms with Crippen molar-refractivity contribution < 1.29 is 28.3 Å². The van der Waals surface area contributed by atoms with E-state index in [0.717, 1.165) is 0 Å². The van der Waals surface area contributed by atoms with Gasteiger partial charge in [-0.3, -0.25) is 4.79 Å². The molecule has 0 radical (unpaired) electrons. The Morgan fingerprint density at radius 2 is 1.86 bits per heavy atom. The van der Waals surface area contributed by atoms with E-state index in [4.69, 9.17) is 20.8 Å². The molecule has 0 unspecified atom stereocenters. The number of esters is 2. The Morgan fingerprint density at radius 1 is 1.18 bits per heavy atom. The number of carbonyl (C=O) groups is 3. The first-order chi connectivity index (χ1) is 13.4. The van der Waals surface area contributed by atoms with Crippen molar-refractivity contribution >= 4 is 29.4 Å². The average Bonchev–Trinajstić information content (AvgIpc) is 3.18. The van der Waals surface area contributed by atoms with E-state index >= 15 is 0 Å². The van der Waals surface area contributed by atoms with Crippen molar-refractivity contribution in [3.05, 3.63) is 58.5 Å². The number of ether oxygens (including phenoxy) is 2. The molecule has 150 valence electrons. The van der Waals surface area contributed by atoms with Gasteiger partial charge in [-0.1, -0.05) is 31.9 Å². The summed E-state index contributed by atoms with van der Waals surface area (Å²) < 4.78 is 15.1. The SMILES string of the molecule is CC[C@H](C)[C@H](NC(=O)c1ccc(Cl)cc1)C(=O)OCc1occc1C(=O)OC. The molecule has 0 aliphatic carbocycles. The standard InChI is InChI=1S/C20H22ClNO6/c1-4-12(2)17(22-18(23)13-5-7-14(21)8-6-13)20(25)28-11-16-15(9-10-27-16)19(24)26-3/h5-10,12,17H,4,11H2,1-3H3,(H,22,23)/t12-,17-/m0/s1. The highest BCUT2D eigenvalue weighted by Gasteiger charge is 2.28. The number of carbonyl (C=O) groups excluding carboxylic acids is 3. The topological polar surface area (TPSA) is 94.8 Å². The molecule has 8 heteroatoms. The fourth-order valence-corrected chi connectivity index (χ4v) is 2.59. The molecular weight excluding hydrogens is 386 g/mol. The molecule has 2 aromatic rings. The van der Waals surface area contributed by atoms with Crippen LogP contribution in [0.1, 0.15) is 46.7 Å². The zero-order valence-electron chi connectivity index (χ0n) is 15.9. The summed E-state index contributed by atoms with van der Waals surface area (Å²) in [6.45, 7) is 3.49. The number of rotatable bonds is 8. The predicted molar refractivity (Wildman–Crippen MR) is 102 cm³/mol. The van der Waals surface area contributed by atoms with Crippen molar-refractivity contribution in [2.75, 3.05) is 7.11 Å². The molecule has 0 saturated carbocycles. The van der Waals surface area contributed by atoms with Gasteiger partial charge in [0.15, 0.2) is 5.76 Å². The van der Waals surface area contributed by atoms with Crippen LogP contribution in [0, 0.1) is 5.92 Å². The number of nitrogens with one attached hydrogen (secondary N) is 1. The van der Waals surface area contributed by atoms with Crippen LogP contribution in [0.2, 0.25) is 5.02 Å². The number of benzene rings is 1. The van der Waals surface area contributed by atoms with Gasteiger partial charge in [0, 0.05) is 10.6 Å². The lowest BCUT2D eigenvalue weighted by molar-refractivity contribution is -0.149. The zero-order valence-corrected chi connectivity index (χ0v) is 16.6. The van der Waals surface area contributed by atoms with E-state index in [9.17, 15) is 14.4 Å². The van der Waals surface area contributed by atoms with E-state index in [-0.39, 0.29) is 23.8 Å². The molecule has 2 atom stereocenters. The van der Waals surface area contributed by atoms with Crippen LogP contribution in [0.3, 0.4) is 0 Å². The molecule has 0 spiro atoms. The van der Waals surface area contributed by atoms with Crippen molar-refractivity contribution in [3.8, 4) is 0 Å². The van der Waals surface area contributed by atoms with E-state index in [1.54, 1.807) is 24.3 Å². The van der Waals surface area contributed by atoms with Crippen molar-refractivity contribution in [1.29, 1.82) is 0 Å². The van der Waals surface area contributed by atoms with Crippen LogP contribution in [-0.4, -0.2) is 31.0 Å². The highest BCUT2D eigenvalue weighted by Crippen LogP contribution is 2.16. The molecule has 0 saturated heterocycles. The summed E-state index contributed by atoms with van der Waals surface area (Å²) >= 11 is 5.83. The van der Waals surface area contributed by atoms with Gasteiger partial charge < -0.3 is 19.2 Å². The van der Waals surface area contributed by atoms with Gasteiger partial charge in [0.05, 0.1) is 13.4 Å². The molecule has 28 heavy (non-hydrogen) atoms. The number of hydrogen-bond acceptors (Lipinski definition) is 6. The molecule has 0 bridgehead atoms. The molecule has 0 aliphatic heterocycles. The highest BCUT2D eigenvalue weighted by molar-refractivity contribution is 6.30. The van der Waals surface area contributed by atoms with Crippen LogP contribution in [0.4, 0.5) is 0 Å². The van der Waals surface area contributed by atoms with Gasteiger partial charge in [0.1, 0.15) is 18.2 Å². The minimum Gasteiger partial charge on any atom is -0.465 e. The van der Waals surface area contributed by atoms with E-state index < -0.39 is 23.9 Å². The fourth-order valence-electron chi connectivity index (χ4n) is 2.47. The molecule has 1 aromatic heterocycles. The first kappa shape index (κ1) is 21.5. The number of hydrogen-bond donors (Lipinski definition) is 1. The molecule has 2 rings (SSSR count). The summed E-state index contributed by atoms with van der Waals surface area (Å²) in [5.74, 6) is -1.61. The van der Waals surface area contributed by atoms with Gasteiger partial charge in [0.2, 0.25) is 0 Å². The Balaban J connectivity index is 2.07. The van der Waals surface area contributed by atoms with Crippen molar-refractivity contribution in [1.82, 2.24) is 5.32 Å². The predicted octanol–water partition coefficient (Wildman–Crippen LogP) is 3.61. The third-order valence-electron chi connectivity index (χ3n) is 4.36. The monoisotopic (exact) mass is 407 g/mol. The van der Waals surface area contributed by atoms with Crippen LogP contribution < -0.4 is 5.32 Å². The molecule has 0 aliphatic rings. The van der Waals surface area contributed by atoms with Gasteiger partial charge in [0.25, 0.3) is 5.91 Å². The molecule has 1 amide bonds. The Morgan fingerprint density at radius 3 is 2.46 bits per heavy atom. The number of halogens is 1. The minimum atomic E-state index is -0.857. The van der Waals surface area contributed by atoms with Gasteiger partial charge in [-0.2, -0.15) is 0 Å². The molecule has 7 nitrogen and oxygen atoms in total. The Hall–Kier alpha value is -2.80. The number of furan rings is 1. The molecule has 0 fully saturated rings. The van der Waals surface area contributed by atoms with Crippen LogP contribution in [0.5, 0.6) is 0 Å². The molecular formula is C20H22ClNO6. The van der Waals surface area contributed by atoms with Crippen molar-refractivity contribution in [2.45, 2.75) is 32.9 Å². The second-order valence-corrected chi connectivity index (χ2v) is 6.64. The first-order valence-electron chi connectivity index (χ1n) is 8.75. The summed E-state index contributed by atoms with van der Waals surface area (Å²) in [6.07, 6.45) is 1.96. The lowest BCUT2D eigenvalue weighted by atomic mass is 9.98. The summed E-state index contributed by atoms with van der Waals surface area (Å²) in [5, 5.41) is 3.21. The largest absolute Gasteiger partial charge is 0.465 e. The maximum absolute atomic E-state index is 12.6. The first-order valence-corrected chi connectivity index (χ1v) is 9.12. The molecule has 1 heterocycles. The van der Waals surface area contributed by atoms with Gasteiger partial charge in [-0.05, 0) is 36.2 Å². The van der Waals surface area contributed by atoms with Crippen LogP contribution in [0.15, 0.2) is 41.0 Å². The summed E-state index contributed by atoms with van der Waals surface area (Å²) in [6, 6.07) is 6.91. The Labute approximate surface area is 167 Å². The second-order valence-electron chi connectivity index (χ2n) is 6.20. The third kappa shape index (κ3) is 5.36. The second kappa shape index (κ2) is 9.94. The van der Waals surface area contributed by atoms with E-state index in [0.29, 0.717) is 17.0 Å². The molecule has 1 aromatic carbocycles. The van der Waals surface area contributed by atoms with Crippen molar-refractivity contribution in [2.24, 2.45) is 5.92 Å². The van der Waals surface area contributed by atoms with Crippen LogP contribution in [-0.2, 0) is 20.9 Å². The third-order valence-corrected chi connectivity index (χ3v) is 4.61. The maximum Gasteiger partial charge on any atom is 0.341 e. The van der Waals surface area contributed by atoms with E-state index in [2.05, 4.69) is 10.1 Å². The van der Waals surface area contributed by atoms with Crippen molar-refractivity contribution in [3.63, 3.8) is 0 Å². The smallest absolute Gasteiger partial charge is 0.341 e. The van der Waals surface area contributed by atoms with Gasteiger partial charge in [-0.25, -0.2) is 9.59 Å². The quantitative estimate of drug-likeness (QED) is 0.672. The van der Waals surface area contributed by atoms with E-state index in [1.807, 2.05) is 13.8 Å². The van der Waals surface area contributed by atoms with E-state index in [1.165, 1.54) is 19.4 Å². The normalized spacial score (nSPS) is 12.7. The maximum atomic E-state index is 12.6. The van der Waals surface area contributed by atoms with Gasteiger partial charge in [-0.15, -0.1) is 0 Å².